The normalized spacial score (nSPS) is 11.5. The zero-order valence-electron chi connectivity index (χ0n) is 19.5. The van der Waals surface area contributed by atoms with Crippen LogP contribution in [-0.2, 0) is 4.74 Å². The number of anilines is 1. The van der Waals surface area contributed by atoms with Gasteiger partial charge in [0.25, 0.3) is 0 Å². The monoisotopic (exact) mass is 507 g/mol. The number of unbranched alkanes of at least 4 members (excludes halogenated alkanes) is 3. The summed E-state index contributed by atoms with van der Waals surface area (Å²) in [6.07, 6.45) is 7.37. The number of benzene rings is 1. The molecule has 3 nitrogen and oxygen atoms in total. The van der Waals surface area contributed by atoms with Crippen molar-refractivity contribution in [1.29, 1.82) is 0 Å². The first-order chi connectivity index (χ1) is 13.7. The molecule has 1 amide bonds. The summed E-state index contributed by atoms with van der Waals surface area (Å²) in [7, 11) is 0. The summed E-state index contributed by atoms with van der Waals surface area (Å²) in [6.45, 7) is 12.5. The average molecular weight is 506 g/mol. The van der Waals surface area contributed by atoms with Crippen LogP contribution in [-0.4, -0.2) is 30.1 Å². The molecule has 29 heavy (non-hydrogen) atoms. The molecule has 0 aliphatic heterocycles. The van der Waals surface area contributed by atoms with E-state index in [1.54, 1.807) is 0 Å². The van der Waals surface area contributed by atoms with Crippen molar-refractivity contribution in [2.45, 2.75) is 99.0 Å². The Balaban J connectivity index is 2.92. The Morgan fingerprint density at radius 3 is 1.83 bits per heavy atom. The van der Waals surface area contributed by atoms with Crippen LogP contribution >= 0.6 is 0 Å². The first-order valence-corrected chi connectivity index (χ1v) is 18.8. The molecule has 0 saturated heterocycles. The molecule has 0 bridgehead atoms. The number of ether oxygens (including phenoxy) is 1. The van der Waals surface area contributed by atoms with E-state index in [0.29, 0.717) is 0 Å². The van der Waals surface area contributed by atoms with E-state index < -0.39 is 30.1 Å². The van der Waals surface area contributed by atoms with Crippen molar-refractivity contribution in [3.63, 3.8) is 0 Å². The number of carbonyl (C=O) groups is 1. The van der Waals surface area contributed by atoms with Crippen molar-refractivity contribution < 1.29 is 9.53 Å². The van der Waals surface area contributed by atoms with Crippen LogP contribution in [0.5, 0.6) is 0 Å². The molecule has 1 rings (SSSR count). The Morgan fingerprint density at radius 1 is 0.931 bits per heavy atom. The van der Waals surface area contributed by atoms with Crippen molar-refractivity contribution >= 4 is 30.2 Å². The van der Waals surface area contributed by atoms with Gasteiger partial charge in [0.15, 0.2) is 0 Å². The minimum atomic E-state index is -2.43. The summed E-state index contributed by atoms with van der Waals surface area (Å²) in [5.74, 6) is 3.53. The van der Waals surface area contributed by atoms with Crippen LogP contribution in [0, 0.1) is 9.86 Å². The van der Waals surface area contributed by atoms with Gasteiger partial charge in [-0.15, -0.1) is 0 Å². The molecule has 0 radical (unpaired) electrons. The fourth-order valence-corrected chi connectivity index (χ4v) is 16.6. The number of hydrogen-bond donors (Lipinski definition) is 1. The van der Waals surface area contributed by atoms with Crippen molar-refractivity contribution in [2.75, 3.05) is 5.32 Å². The second-order valence-corrected chi connectivity index (χ2v) is 21.3. The van der Waals surface area contributed by atoms with E-state index in [0.717, 1.165) is 11.3 Å². The standard InChI is InChI=1S/C13H14NO2.3C4H9.Sn/c1-5-10-6-8-11(9-7-10)14-12(15)16-13(2,3)4;3*1-3-4-2;/h6-9H,2-4H3,(H,14,15);3*1,3-4H2,2H3;. The predicted octanol–water partition coefficient (Wildman–Crippen LogP) is 7.77. The van der Waals surface area contributed by atoms with E-state index in [-0.39, 0.29) is 0 Å². The van der Waals surface area contributed by atoms with Gasteiger partial charge in [-0.3, -0.25) is 0 Å². The van der Waals surface area contributed by atoms with E-state index in [2.05, 4.69) is 35.9 Å². The molecular weight excluding hydrogens is 465 g/mol. The first-order valence-electron chi connectivity index (χ1n) is 11.4. The van der Waals surface area contributed by atoms with Gasteiger partial charge in [-0.1, -0.05) is 0 Å². The molecule has 162 valence electrons. The number of hydrogen-bond acceptors (Lipinski definition) is 2. The summed E-state index contributed by atoms with van der Waals surface area (Å²) in [4.78, 5) is 11.9. The van der Waals surface area contributed by atoms with Crippen molar-refractivity contribution in [3.05, 3.63) is 29.8 Å². The van der Waals surface area contributed by atoms with Gasteiger partial charge in [0.2, 0.25) is 0 Å². The van der Waals surface area contributed by atoms with Gasteiger partial charge in [-0.25, -0.2) is 0 Å². The van der Waals surface area contributed by atoms with Gasteiger partial charge >= 0.3 is 184 Å². The molecule has 4 heteroatoms. The molecule has 0 aromatic heterocycles. The fourth-order valence-electron chi connectivity index (χ4n) is 3.37. The number of nitrogens with one attached hydrogen (secondary N) is 1. The zero-order chi connectivity index (χ0) is 21.8. The van der Waals surface area contributed by atoms with Crippen LogP contribution in [0.1, 0.15) is 85.6 Å². The zero-order valence-corrected chi connectivity index (χ0v) is 22.3. The Kier molecular flexibility index (Phi) is 11.8. The van der Waals surface area contributed by atoms with Gasteiger partial charge in [0, 0.05) is 0 Å². The maximum atomic E-state index is 11.9. The van der Waals surface area contributed by atoms with Gasteiger partial charge in [-0.2, -0.15) is 0 Å². The van der Waals surface area contributed by atoms with Crippen molar-refractivity contribution in [1.82, 2.24) is 0 Å². The van der Waals surface area contributed by atoms with Crippen LogP contribution < -0.4 is 5.32 Å². The number of carbonyl (C=O) groups excluding carboxylic acids is 1. The third-order valence-corrected chi connectivity index (χ3v) is 18.1. The average Bonchev–Trinajstić information content (AvgIpc) is 2.66. The van der Waals surface area contributed by atoms with Crippen molar-refractivity contribution in [2.24, 2.45) is 0 Å². The molecule has 0 atom stereocenters. The predicted molar refractivity (Wildman–Crippen MR) is 128 cm³/mol. The maximum absolute atomic E-state index is 11.9. The molecule has 0 unspecified atom stereocenters. The van der Waals surface area contributed by atoms with Crippen molar-refractivity contribution in [3.8, 4) is 9.86 Å². The van der Waals surface area contributed by atoms with Crippen LogP contribution in [0.15, 0.2) is 24.3 Å². The summed E-state index contributed by atoms with van der Waals surface area (Å²) >= 11 is -2.43. The Hall–Kier alpha value is -1.15. The fraction of sp³-hybridized carbons (Fsp3) is 0.640. The number of rotatable bonds is 10. The Bertz CT molecular complexity index is 643. The second-order valence-electron chi connectivity index (χ2n) is 9.05. The van der Waals surface area contributed by atoms with E-state index >= 15 is 0 Å². The van der Waals surface area contributed by atoms with Gasteiger partial charge in [0.05, 0.1) is 0 Å². The minimum absolute atomic E-state index is 0.426. The van der Waals surface area contributed by atoms with Crippen LogP contribution in [0.3, 0.4) is 0 Å². The summed E-state index contributed by atoms with van der Waals surface area (Å²) < 4.78 is 13.4. The molecular formula is C25H41NO2Sn. The Labute approximate surface area is 183 Å². The summed E-state index contributed by atoms with van der Waals surface area (Å²) in [5.41, 5.74) is 1.29. The summed E-state index contributed by atoms with van der Waals surface area (Å²) in [5, 5.41) is 2.79. The third kappa shape index (κ3) is 11.0. The van der Waals surface area contributed by atoms with E-state index in [9.17, 15) is 4.79 Å². The molecule has 1 aromatic carbocycles. The number of amides is 1. The van der Waals surface area contributed by atoms with Crippen LogP contribution in [0.4, 0.5) is 10.5 Å². The molecule has 0 saturated carbocycles. The van der Waals surface area contributed by atoms with Gasteiger partial charge < -0.3 is 0 Å². The molecule has 0 aliphatic carbocycles. The SMILES string of the molecule is CCC[CH2][Sn]([C]#Cc1ccc(NC(=O)OC(C)(C)C)cc1)([CH2]CCC)[CH2]CCC. The van der Waals surface area contributed by atoms with Crippen LogP contribution in [0.2, 0.25) is 13.3 Å². The molecule has 0 fully saturated rings. The van der Waals surface area contributed by atoms with E-state index in [4.69, 9.17) is 4.74 Å². The topological polar surface area (TPSA) is 38.3 Å². The van der Waals surface area contributed by atoms with E-state index in [1.807, 2.05) is 45.0 Å². The third-order valence-electron chi connectivity index (χ3n) is 5.03. The second kappa shape index (κ2) is 13.2. The quantitative estimate of drug-likeness (QED) is 0.260. The molecule has 0 aliphatic rings. The molecule has 1 aromatic rings. The molecule has 0 spiro atoms. The van der Waals surface area contributed by atoms with Gasteiger partial charge in [-0.05, 0) is 0 Å². The van der Waals surface area contributed by atoms with Crippen LogP contribution in [0.25, 0.3) is 0 Å². The Morgan fingerprint density at radius 2 is 1.41 bits per heavy atom. The molecule has 0 heterocycles. The molecule has 1 N–H and O–H groups in total. The van der Waals surface area contributed by atoms with E-state index in [1.165, 1.54) is 51.8 Å². The summed E-state index contributed by atoms with van der Waals surface area (Å²) in [6, 6.07) is 7.84. The first kappa shape index (κ1) is 25.9. The van der Waals surface area contributed by atoms with Gasteiger partial charge in [0.1, 0.15) is 0 Å².